The monoisotopic (exact) mass is 266 g/mol. The van der Waals surface area contributed by atoms with E-state index in [4.69, 9.17) is 9.47 Å². The van der Waals surface area contributed by atoms with Crippen molar-refractivity contribution in [2.45, 2.75) is 26.7 Å². The van der Waals surface area contributed by atoms with Crippen LogP contribution in [0.15, 0.2) is 36.5 Å². The first-order chi connectivity index (χ1) is 8.98. The van der Waals surface area contributed by atoms with Gasteiger partial charge in [0.15, 0.2) is 5.41 Å². The first-order valence-corrected chi connectivity index (χ1v) is 6.04. The standard InChI is InChI=1S/C15H22O4/c1-6-8-9-10-15(13(16)18-4,14(17)19-5)11-12(3)7-2/h6-9H,1,10-11H2,2-5H3/b9-8+,12-7+. The Morgan fingerprint density at radius 1 is 1.21 bits per heavy atom. The van der Waals surface area contributed by atoms with E-state index in [2.05, 4.69) is 6.58 Å². The lowest BCUT2D eigenvalue weighted by Gasteiger charge is -2.27. The lowest BCUT2D eigenvalue weighted by Crippen LogP contribution is -2.41. The molecule has 0 rings (SSSR count). The molecule has 0 unspecified atom stereocenters. The zero-order chi connectivity index (χ0) is 14.9. The Hall–Kier alpha value is -1.84. The van der Waals surface area contributed by atoms with Crippen molar-refractivity contribution in [2.24, 2.45) is 5.41 Å². The van der Waals surface area contributed by atoms with E-state index >= 15 is 0 Å². The minimum absolute atomic E-state index is 0.212. The highest BCUT2D eigenvalue weighted by atomic mass is 16.5. The second-order valence-electron chi connectivity index (χ2n) is 4.25. The van der Waals surface area contributed by atoms with Crippen molar-refractivity contribution >= 4 is 11.9 Å². The molecular weight excluding hydrogens is 244 g/mol. The maximum Gasteiger partial charge on any atom is 0.323 e. The van der Waals surface area contributed by atoms with E-state index in [1.54, 1.807) is 18.2 Å². The van der Waals surface area contributed by atoms with E-state index in [0.29, 0.717) is 0 Å². The molecule has 0 fully saturated rings. The fraction of sp³-hybridized carbons (Fsp3) is 0.467. The quantitative estimate of drug-likeness (QED) is 0.308. The minimum Gasteiger partial charge on any atom is -0.468 e. The van der Waals surface area contributed by atoms with Crippen LogP contribution < -0.4 is 0 Å². The number of hydrogen-bond acceptors (Lipinski definition) is 4. The number of hydrogen-bond donors (Lipinski definition) is 0. The lowest BCUT2D eigenvalue weighted by molar-refractivity contribution is -0.168. The Morgan fingerprint density at radius 3 is 2.11 bits per heavy atom. The van der Waals surface area contributed by atoms with Crippen LogP contribution in [0.25, 0.3) is 0 Å². The zero-order valence-electron chi connectivity index (χ0n) is 12.1. The van der Waals surface area contributed by atoms with E-state index in [1.807, 2.05) is 19.9 Å². The molecule has 4 heteroatoms. The first-order valence-electron chi connectivity index (χ1n) is 6.04. The van der Waals surface area contributed by atoms with Crippen LogP contribution in [0.5, 0.6) is 0 Å². The van der Waals surface area contributed by atoms with Crippen LogP contribution >= 0.6 is 0 Å². The van der Waals surface area contributed by atoms with Crippen LogP contribution in [-0.2, 0) is 19.1 Å². The van der Waals surface area contributed by atoms with Crippen molar-refractivity contribution in [2.75, 3.05) is 14.2 Å². The summed E-state index contributed by atoms with van der Waals surface area (Å²) >= 11 is 0. The van der Waals surface area contributed by atoms with Crippen molar-refractivity contribution in [1.82, 2.24) is 0 Å². The number of carbonyl (C=O) groups excluding carboxylic acids is 2. The molecule has 0 radical (unpaired) electrons. The second-order valence-corrected chi connectivity index (χ2v) is 4.25. The summed E-state index contributed by atoms with van der Waals surface area (Å²) in [6, 6.07) is 0. The smallest absolute Gasteiger partial charge is 0.323 e. The molecule has 0 aliphatic rings. The van der Waals surface area contributed by atoms with Gasteiger partial charge in [-0.3, -0.25) is 9.59 Å². The molecule has 0 aliphatic carbocycles. The van der Waals surface area contributed by atoms with Crippen LogP contribution in [0.1, 0.15) is 26.7 Å². The maximum atomic E-state index is 12.1. The highest BCUT2D eigenvalue weighted by Crippen LogP contribution is 2.34. The van der Waals surface area contributed by atoms with Gasteiger partial charge < -0.3 is 9.47 Å². The molecule has 0 saturated heterocycles. The van der Waals surface area contributed by atoms with Crippen molar-refractivity contribution in [1.29, 1.82) is 0 Å². The minimum atomic E-state index is -1.33. The predicted molar refractivity (Wildman–Crippen MR) is 74.5 cm³/mol. The number of methoxy groups -OCH3 is 2. The summed E-state index contributed by atoms with van der Waals surface area (Å²) in [5, 5.41) is 0. The van der Waals surface area contributed by atoms with Gasteiger partial charge in [0, 0.05) is 0 Å². The molecule has 0 bridgehead atoms. The van der Waals surface area contributed by atoms with Gasteiger partial charge >= 0.3 is 11.9 Å². The van der Waals surface area contributed by atoms with E-state index in [1.165, 1.54) is 14.2 Å². The summed E-state index contributed by atoms with van der Waals surface area (Å²) in [4.78, 5) is 24.1. The van der Waals surface area contributed by atoms with Crippen LogP contribution in [-0.4, -0.2) is 26.2 Å². The Kier molecular flexibility index (Phi) is 7.49. The average Bonchev–Trinajstić information content (AvgIpc) is 2.44. The zero-order valence-corrected chi connectivity index (χ0v) is 12.1. The van der Waals surface area contributed by atoms with Crippen molar-refractivity contribution < 1.29 is 19.1 Å². The second kappa shape index (κ2) is 8.29. The highest BCUT2D eigenvalue weighted by Gasteiger charge is 2.47. The highest BCUT2D eigenvalue weighted by molar-refractivity contribution is 6.00. The fourth-order valence-electron chi connectivity index (χ4n) is 1.80. The van der Waals surface area contributed by atoms with Gasteiger partial charge in [0.2, 0.25) is 0 Å². The van der Waals surface area contributed by atoms with Crippen LogP contribution in [0, 0.1) is 5.41 Å². The third-order valence-corrected chi connectivity index (χ3v) is 2.96. The normalized spacial score (nSPS) is 12.3. The molecule has 0 N–H and O–H groups in total. The molecule has 0 atom stereocenters. The number of rotatable bonds is 7. The van der Waals surface area contributed by atoms with Crippen molar-refractivity contribution in [3.8, 4) is 0 Å². The number of carbonyl (C=O) groups is 2. The Balaban J connectivity index is 5.56. The summed E-state index contributed by atoms with van der Waals surface area (Å²) in [7, 11) is 2.53. The van der Waals surface area contributed by atoms with Gasteiger partial charge in [-0.1, -0.05) is 36.5 Å². The Bertz CT molecular complexity index is 375. The van der Waals surface area contributed by atoms with Crippen LogP contribution in [0.4, 0.5) is 0 Å². The van der Waals surface area contributed by atoms with Crippen molar-refractivity contribution in [3.63, 3.8) is 0 Å². The predicted octanol–water partition coefficient (Wildman–Crippen LogP) is 2.81. The number of esters is 2. The van der Waals surface area contributed by atoms with Gasteiger partial charge in [0.1, 0.15) is 0 Å². The van der Waals surface area contributed by atoms with Gasteiger partial charge in [-0.05, 0) is 26.7 Å². The van der Waals surface area contributed by atoms with E-state index in [9.17, 15) is 9.59 Å². The van der Waals surface area contributed by atoms with E-state index in [0.717, 1.165) is 5.57 Å². The third kappa shape index (κ3) is 4.39. The SMILES string of the molecule is C=C/C=C/CC(C/C(C)=C/C)(C(=O)OC)C(=O)OC. The fourth-order valence-corrected chi connectivity index (χ4v) is 1.80. The molecule has 0 amide bonds. The Morgan fingerprint density at radius 2 is 1.74 bits per heavy atom. The van der Waals surface area contributed by atoms with Crippen LogP contribution in [0.3, 0.4) is 0 Å². The van der Waals surface area contributed by atoms with Crippen molar-refractivity contribution in [3.05, 3.63) is 36.5 Å². The molecule has 19 heavy (non-hydrogen) atoms. The molecule has 0 heterocycles. The van der Waals surface area contributed by atoms with Gasteiger partial charge in [-0.15, -0.1) is 0 Å². The van der Waals surface area contributed by atoms with E-state index < -0.39 is 17.4 Å². The molecule has 0 aromatic rings. The molecule has 0 aliphatic heterocycles. The average molecular weight is 266 g/mol. The lowest BCUT2D eigenvalue weighted by atomic mass is 9.78. The third-order valence-electron chi connectivity index (χ3n) is 2.96. The summed E-state index contributed by atoms with van der Waals surface area (Å²) in [6.45, 7) is 7.27. The van der Waals surface area contributed by atoms with Gasteiger partial charge in [-0.2, -0.15) is 0 Å². The Labute approximate surface area is 114 Å². The maximum absolute atomic E-state index is 12.1. The van der Waals surface area contributed by atoms with Gasteiger partial charge in [0.05, 0.1) is 14.2 Å². The first kappa shape index (κ1) is 17.2. The number of ether oxygens (including phenoxy) is 2. The summed E-state index contributed by atoms with van der Waals surface area (Å²) in [5.74, 6) is -1.18. The molecule has 0 spiro atoms. The molecule has 0 aromatic carbocycles. The molecule has 0 aromatic heterocycles. The van der Waals surface area contributed by atoms with E-state index in [-0.39, 0.29) is 12.8 Å². The summed E-state index contributed by atoms with van der Waals surface area (Å²) in [5.41, 5.74) is -0.414. The molecule has 4 nitrogen and oxygen atoms in total. The van der Waals surface area contributed by atoms with Gasteiger partial charge in [-0.25, -0.2) is 0 Å². The number of allylic oxidation sites excluding steroid dienone is 5. The largest absolute Gasteiger partial charge is 0.468 e. The summed E-state index contributed by atoms with van der Waals surface area (Å²) < 4.78 is 9.58. The molecule has 0 saturated carbocycles. The van der Waals surface area contributed by atoms with Gasteiger partial charge in [0.25, 0.3) is 0 Å². The topological polar surface area (TPSA) is 52.6 Å². The van der Waals surface area contributed by atoms with Crippen LogP contribution in [0.2, 0.25) is 0 Å². The molecule has 106 valence electrons. The molecular formula is C15H22O4. The summed E-state index contributed by atoms with van der Waals surface area (Å²) in [6.07, 6.45) is 7.32.